The average Bonchev–Trinajstić information content (AvgIpc) is 2.79. The van der Waals surface area contributed by atoms with E-state index < -0.39 is 0 Å². The molecule has 19 heavy (non-hydrogen) atoms. The minimum atomic E-state index is -0.185. The van der Waals surface area contributed by atoms with E-state index in [2.05, 4.69) is 31.2 Å². The Labute approximate surface area is 113 Å². The number of aromatic nitrogens is 2. The fraction of sp³-hybridized carbons (Fsp3) is 0.400. The SMILES string of the molecule is Cc1ccc(NCc2cnn(C(C)(C)C)c2)cc1F. The summed E-state index contributed by atoms with van der Waals surface area (Å²) in [5.41, 5.74) is 2.50. The van der Waals surface area contributed by atoms with Gasteiger partial charge >= 0.3 is 0 Å². The van der Waals surface area contributed by atoms with E-state index in [4.69, 9.17) is 0 Å². The summed E-state index contributed by atoms with van der Waals surface area (Å²) in [6.45, 7) is 8.71. The van der Waals surface area contributed by atoms with Gasteiger partial charge in [-0.25, -0.2) is 4.39 Å². The molecule has 102 valence electrons. The predicted octanol–water partition coefficient (Wildman–Crippen LogP) is 3.70. The average molecular weight is 261 g/mol. The van der Waals surface area contributed by atoms with Crippen LogP contribution in [0.4, 0.5) is 10.1 Å². The number of aryl methyl sites for hydroxylation is 1. The quantitative estimate of drug-likeness (QED) is 0.913. The summed E-state index contributed by atoms with van der Waals surface area (Å²) >= 11 is 0. The number of rotatable bonds is 3. The molecular weight excluding hydrogens is 241 g/mol. The van der Waals surface area contributed by atoms with Gasteiger partial charge in [-0.3, -0.25) is 4.68 Å². The second-order valence-electron chi connectivity index (χ2n) is 5.78. The highest BCUT2D eigenvalue weighted by atomic mass is 19.1. The second kappa shape index (κ2) is 5.03. The molecule has 0 unspecified atom stereocenters. The molecule has 2 rings (SSSR count). The topological polar surface area (TPSA) is 29.9 Å². The van der Waals surface area contributed by atoms with Crippen molar-refractivity contribution in [3.8, 4) is 0 Å². The molecule has 1 N–H and O–H groups in total. The summed E-state index contributed by atoms with van der Waals surface area (Å²) < 4.78 is 15.3. The van der Waals surface area contributed by atoms with E-state index in [1.54, 1.807) is 13.0 Å². The lowest BCUT2D eigenvalue weighted by atomic mass is 10.1. The highest BCUT2D eigenvalue weighted by Crippen LogP contribution is 2.16. The molecule has 0 saturated heterocycles. The van der Waals surface area contributed by atoms with Gasteiger partial charge in [0.25, 0.3) is 0 Å². The number of nitrogens with one attached hydrogen (secondary N) is 1. The van der Waals surface area contributed by atoms with Crippen LogP contribution in [-0.2, 0) is 12.1 Å². The van der Waals surface area contributed by atoms with E-state index in [1.165, 1.54) is 6.07 Å². The molecule has 1 heterocycles. The summed E-state index contributed by atoms with van der Waals surface area (Å²) in [7, 11) is 0. The fourth-order valence-corrected chi connectivity index (χ4v) is 1.73. The van der Waals surface area contributed by atoms with E-state index in [9.17, 15) is 4.39 Å². The molecular formula is C15H20FN3. The smallest absolute Gasteiger partial charge is 0.128 e. The van der Waals surface area contributed by atoms with Crippen LogP contribution in [0.5, 0.6) is 0 Å². The molecule has 2 aromatic rings. The van der Waals surface area contributed by atoms with Crippen LogP contribution < -0.4 is 5.32 Å². The molecule has 0 aliphatic rings. The summed E-state index contributed by atoms with van der Waals surface area (Å²) in [4.78, 5) is 0. The molecule has 0 aliphatic heterocycles. The van der Waals surface area contributed by atoms with Gasteiger partial charge in [0.2, 0.25) is 0 Å². The largest absolute Gasteiger partial charge is 0.381 e. The number of hydrogen-bond donors (Lipinski definition) is 1. The molecule has 4 heteroatoms. The van der Waals surface area contributed by atoms with Crippen molar-refractivity contribution < 1.29 is 4.39 Å². The lowest BCUT2D eigenvalue weighted by molar-refractivity contribution is 0.355. The predicted molar refractivity (Wildman–Crippen MR) is 75.7 cm³/mol. The Morgan fingerprint density at radius 2 is 2.05 bits per heavy atom. The van der Waals surface area contributed by atoms with Gasteiger partial charge in [-0.05, 0) is 45.4 Å². The standard InChI is InChI=1S/C15H20FN3/c1-11-5-6-13(7-14(11)16)17-8-12-9-18-19(10-12)15(2,3)4/h5-7,9-10,17H,8H2,1-4H3. The third-order valence-corrected chi connectivity index (χ3v) is 2.99. The Morgan fingerprint density at radius 3 is 2.63 bits per heavy atom. The summed E-state index contributed by atoms with van der Waals surface area (Å²) in [6, 6.07) is 5.17. The molecule has 0 bridgehead atoms. The zero-order chi connectivity index (χ0) is 14.0. The van der Waals surface area contributed by atoms with Crippen LogP contribution in [0, 0.1) is 12.7 Å². The first-order valence-electron chi connectivity index (χ1n) is 6.40. The molecule has 1 aromatic heterocycles. The van der Waals surface area contributed by atoms with Crippen molar-refractivity contribution in [1.29, 1.82) is 0 Å². The number of nitrogens with zero attached hydrogens (tertiary/aromatic N) is 2. The zero-order valence-electron chi connectivity index (χ0n) is 11.9. The van der Waals surface area contributed by atoms with Gasteiger partial charge in [0.15, 0.2) is 0 Å². The minimum Gasteiger partial charge on any atom is -0.381 e. The van der Waals surface area contributed by atoms with Crippen LogP contribution in [0.1, 0.15) is 31.9 Å². The van der Waals surface area contributed by atoms with Gasteiger partial charge in [0.05, 0.1) is 11.7 Å². The molecule has 0 fully saturated rings. The van der Waals surface area contributed by atoms with Crippen LogP contribution in [-0.4, -0.2) is 9.78 Å². The van der Waals surface area contributed by atoms with Crippen LogP contribution in [0.25, 0.3) is 0 Å². The van der Waals surface area contributed by atoms with Gasteiger partial charge in [-0.1, -0.05) is 6.07 Å². The van der Waals surface area contributed by atoms with Crippen LogP contribution in [0.15, 0.2) is 30.6 Å². The van der Waals surface area contributed by atoms with Gasteiger partial charge < -0.3 is 5.32 Å². The maximum atomic E-state index is 13.4. The number of benzene rings is 1. The van der Waals surface area contributed by atoms with Crippen molar-refractivity contribution in [3.05, 3.63) is 47.5 Å². The lowest BCUT2D eigenvalue weighted by Crippen LogP contribution is -2.21. The van der Waals surface area contributed by atoms with Crippen molar-refractivity contribution in [2.24, 2.45) is 0 Å². The van der Waals surface area contributed by atoms with E-state index in [1.807, 2.05) is 23.1 Å². The van der Waals surface area contributed by atoms with Gasteiger partial charge in [-0.15, -0.1) is 0 Å². The third kappa shape index (κ3) is 3.34. The number of anilines is 1. The van der Waals surface area contributed by atoms with E-state index in [0.29, 0.717) is 12.1 Å². The number of halogens is 1. The van der Waals surface area contributed by atoms with E-state index >= 15 is 0 Å². The van der Waals surface area contributed by atoms with Gasteiger partial charge in [-0.2, -0.15) is 5.10 Å². The minimum absolute atomic E-state index is 0.0196. The summed E-state index contributed by atoms with van der Waals surface area (Å²) in [5, 5.41) is 7.53. The van der Waals surface area contributed by atoms with Crippen LogP contribution in [0.3, 0.4) is 0 Å². The molecule has 0 radical (unpaired) electrons. The van der Waals surface area contributed by atoms with E-state index in [-0.39, 0.29) is 11.4 Å². The van der Waals surface area contributed by atoms with Crippen molar-refractivity contribution in [1.82, 2.24) is 9.78 Å². The molecule has 1 aromatic carbocycles. The molecule has 0 aliphatic carbocycles. The highest BCUT2D eigenvalue weighted by Gasteiger charge is 2.13. The normalized spacial score (nSPS) is 11.6. The molecule has 0 atom stereocenters. The lowest BCUT2D eigenvalue weighted by Gasteiger charge is -2.18. The molecule has 3 nitrogen and oxygen atoms in total. The van der Waals surface area contributed by atoms with Crippen LogP contribution in [0.2, 0.25) is 0 Å². The van der Waals surface area contributed by atoms with Crippen molar-refractivity contribution in [2.75, 3.05) is 5.32 Å². The Balaban J connectivity index is 2.02. The summed E-state index contributed by atoms with van der Waals surface area (Å²) in [6.07, 6.45) is 3.85. The Kier molecular flexibility index (Phi) is 3.60. The first-order valence-corrected chi connectivity index (χ1v) is 6.40. The maximum absolute atomic E-state index is 13.4. The zero-order valence-corrected chi connectivity index (χ0v) is 11.9. The third-order valence-electron chi connectivity index (χ3n) is 2.99. The molecule has 0 saturated carbocycles. The second-order valence-corrected chi connectivity index (χ2v) is 5.78. The Morgan fingerprint density at radius 1 is 1.32 bits per heavy atom. The molecule has 0 spiro atoms. The Bertz CT molecular complexity index is 567. The Hall–Kier alpha value is -1.84. The van der Waals surface area contributed by atoms with E-state index in [0.717, 1.165) is 11.3 Å². The highest BCUT2D eigenvalue weighted by molar-refractivity contribution is 5.45. The van der Waals surface area contributed by atoms with Crippen molar-refractivity contribution in [3.63, 3.8) is 0 Å². The summed E-state index contributed by atoms with van der Waals surface area (Å²) in [5.74, 6) is -0.185. The fourth-order valence-electron chi connectivity index (χ4n) is 1.73. The monoisotopic (exact) mass is 261 g/mol. The van der Waals surface area contributed by atoms with Crippen molar-refractivity contribution >= 4 is 5.69 Å². The first-order chi connectivity index (χ1) is 8.86. The van der Waals surface area contributed by atoms with Gasteiger partial charge in [0.1, 0.15) is 5.82 Å². The van der Waals surface area contributed by atoms with Crippen LogP contribution >= 0.6 is 0 Å². The number of hydrogen-bond acceptors (Lipinski definition) is 2. The van der Waals surface area contributed by atoms with Crippen molar-refractivity contribution in [2.45, 2.75) is 39.8 Å². The van der Waals surface area contributed by atoms with Gasteiger partial charge in [0, 0.05) is 24.0 Å². The molecule has 0 amide bonds. The maximum Gasteiger partial charge on any atom is 0.128 e. The first kappa shape index (κ1) is 13.6.